The number of non-ortho nitro benzene ring substituents is 1. The molecule has 0 aliphatic rings. The largest absolute Gasteiger partial charge is 0.444 e. The Hall–Kier alpha value is -2.57. The number of nitrogens with one attached hydrogen (secondary N) is 1. The molecule has 100 valence electrons. The highest BCUT2D eigenvalue weighted by molar-refractivity contribution is 5.61. The van der Waals surface area contributed by atoms with Crippen molar-refractivity contribution in [3.05, 3.63) is 46.2 Å². The van der Waals surface area contributed by atoms with Gasteiger partial charge in [-0.1, -0.05) is 0 Å². The summed E-state index contributed by atoms with van der Waals surface area (Å²) in [6.45, 7) is 3.65. The Morgan fingerprint density at radius 2 is 2.21 bits per heavy atom. The van der Waals surface area contributed by atoms with Gasteiger partial charge in [0.15, 0.2) is 0 Å². The van der Waals surface area contributed by atoms with Gasteiger partial charge in [-0.25, -0.2) is 4.98 Å². The highest BCUT2D eigenvalue weighted by Gasteiger charge is 2.14. The third kappa shape index (κ3) is 3.01. The molecule has 0 radical (unpaired) electrons. The Balaban J connectivity index is 2.21. The van der Waals surface area contributed by atoms with Gasteiger partial charge in [0.2, 0.25) is 5.89 Å². The monoisotopic (exact) mass is 262 g/mol. The highest BCUT2D eigenvalue weighted by atomic mass is 16.6. The van der Waals surface area contributed by atoms with Gasteiger partial charge in [-0.3, -0.25) is 10.1 Å². The maximum absolute atomic E-state index is 10.8. The number of nitrogens with two attached hydrogens (primary N) is 1. The van der Waals surface area contributed by atoms with E-state index in [1.165, 1.54) is 12.1 Å². The van der Waals surface area contributed by atoms with Gasteiger partial charge in [-0.05, 0) is 19.9 Å². The number of aromatic nitrogens is 1. The van der Waals surface area contributed by atoms with Crippen molar-refractivity contribution < 1.29 is 9.34 Å². The Labute approximate surface area is 109 Å². The molecule has 3 N–H and O–H groups in total. The first-order valence-corrected chi connectivity index (χ1v) is 5.69. The number of anilines is 2. The molecule has 2 aromatic rings. The topological polar surface area (TPSA) is 107 Å². The van der Waals surface area contributed by atoms with E-state index in [0.717, 1.165) is 0 Å². The van der Waals surface area contributed by atoms with Crippen molar-refractivity contribution in [2.45, 2.75) is 19.9 Å². The van der Waals surface area contributed by atoms with Crippen LogP contribution in [-0.4, -0.2) is 9.91 Å². The van der Waals surface area contributed by atoms with Gasteiger partial charge in [-0.15, -0.1) is 0 Å². The number of nitrogen functional groups attached to an aromatic ring is 1. The molecule has 0 saturated heterocycles. The average molecular weight is 262 g/mol. The van der Waals surface area contributed by atoms with Crippen LogP contribution in [0.4, 0.5) is 17.1 Å². The van der Waals surface area contributed by atoms with Gasteiger partial charge in [0.25, 0.3) is 5.69 Å². The van der Waals surface area contributed by atoms with E-state index < -0.39 is 4.92 Å². The second kappa shape index (κ2) is 4.97. The van der Waals surface area contributed by atoms with Crippen molar-refractivity contribution >= 4 is 17.1 Å². The van der Waals surface area contributed by atoms with Gasteiger partial charge in [0.1, 0.15) is 11.8 Å². The van der Waals surface area contributed by atoms with Crippen molar-refractivity contribution in [1.82, 2.24) is 4.98 Å². The maximum Gasteiger partial charge on any atom is 0.273 e. The first kappa shape index (κ1) is 12.9. The van der Waals surface area contributed by atoms with Crippen LogP contribution in [0.2, 0.25) is 0 Å². The summed E-state index contributed by atoms with van der Waals surface area (Å²) in [5, 5.41) is 13.8. The third-order valence-electron chi connectivity index (χ3n) is 2.54. The smallest absolute Gasteiger partial charge is 0.273 e. The zero-order valence-electron chi connectivity index (χ0n) is 10.6. The number of hydrogen-bond acceptors (Lipinski definition) is 6. The lowest BCUT2D eigenvalue weighted by Gasteiger charge is -2.12. The molecular formula is C12H14N4O3. The number of hydrogen-bond donors (Lipinski definition) is 2. The number of nitrogens with zero attached hydrogens (tertiary/aromatic N) is 2. The quantitative estimate of drug-likeness (QED) is 0.498. The first-order valence-electron chi connectivity index (χ1n) is 5.69. The van der Waals surface area contributed by atoms with Gasteiger partial charge < -0.3 is 15.5 Å². The van der Waals surface area contributed by atoms with Gasteiger partial charge >= 0.3 is 0 Å². The molecule has 1 atom stereocenters. The second-order valence-electron chi connectivity index (χ2n) is 4.25. The van der Waals surface area contributed by atoms with Crippen LogP contribution in [0.5, 0.6) is 0 Å². The predicted molar refractivity (Wildman–Crippen MR) is 70.8 cm³/mol. The third-order valence-corrected chi connectivity index (χ3v) is 2.54. The lowest BCUT2D eigenvalue weighted by molar-refractivity contribution is -0.384. The molecule has 1 aromatic carbocycles. The van der Waals surface area contributed by atoms with E-state index in [4.69, 9.17) is 10.2 Å². The summed E-state index contributed by atoms with van der Waals surface area (Å²) in [4.78, 5) is 14.4. The molecule has 0 amide bonds. The highest BCUT2D eigenvalue weighted by Crippen LogP contribution is 2.25. The van der Waals surface area contributed by atoms with E-state index in [2.05, 4.69) is 10.3 Å². The molecule has 7 heteroatoms. The number of rotatable bonds is 4. The van der Waals surface area contributed by atoms with Crippen molar-refractivity contribution in [2.75, 3.05) is 11.1 Å². The molecule has 1 unspecified atom stereocenters. The summed E-state index contributed by atoms with van der Waals surface area (Å²) in [5.41, 5.74) is 6.45. The molecule has 0 saturated carbocycles. The lowest BCUT2D eigenvalue weighted by Crippen LogP contribution is -2.07. The number of benzene rings is 1. The maximum atomic E-state index is 10.8. The van der Waals surface area contributed by atoms with Crippen LogP contribution in [0.25, 0.3) is 0 Å². The molecule has 1 heterocycles. The van der Waals surface area contributed by atoms with E-state index in [9.17, 15) is 10.1 Å². The number of aryl methyl sites for hydroxylation is 1. The zero-order valence-corrected chi connectivity index (χ0v) is 10.6. The lowest BCUT2D eigenvalue weighted by atomic mass is 10.2. The summed E-state index contributed by atoms with van der Waals surface area (Å²) in [5.74, 6) is 1.23. The van der Waals surface area contributed by atoms with Crippen LogP contribution >= 0.6 is 0 Å². The van der Waals surface area contributed by atoms with Crippen molar-refractivity contribution in [1.29, 1.82) is 0 Å². The average Bonchev–Trinajstić information content (AvgIpc) is 2.75. The van der Waals surface area contributed by atoms with Crippen molar-refractivity contribution in [3.63, 3.8) is 0 Å². The standard InChI is InChI=1S/C12H14N4O3/c1-7-6-14-12(19-7)8(2)15-10-3-9(13)4-11(5-10)16(17)18/h3-6,8,15H,13H2,1-2H3. The molecular weight excluding hydrogens is 248 g/mol. The molecule has 0 fully saturated rings. The van der Waals surface area contributed by atoms with Crippen LogP contribution in [0.3, 0.4) is 0 Å². The number of nitro groups is 1. The zero-order chi connectivity index (χ0) is 14.0. The van der Waals surface area contributed by atoms with E-state index in [1.807, 2.05) is 6.92 Å². The van der Waals surface area contributed by atoms with Crippen LogP contribution in [-0.2, 0) is 0 Å². The van der Waals surface area contributed by atoms with Crippen molar-refractivity contribution in [3.8, 4) is 0 Å². The molecule has 2 rings (SSSR count). The van der Waals surface area contributed by atoms with E-state index in [0.29, 0.717) is 23.0 Å². The predicted octanol–water partition coefficient (Wildman–Crippen LogP) is 2.65. The fourth-order valence-electron chi connectivity index (χ4n) is 1.71. The van der Waals surface area contributed by atoms with Crippen LogP contribution in [0.15, 0.2) is 28.8 Å². The normalized spacial score (nSPS) is 12.1. The van der Waals surface area contributed by atoms with Gasteiger partial charge in [0.05, 0.1) is 11.1 Å². The first-order chi connectivity index (χ1) is 8.95. The van der Waals surface area contributed by atoms with Crippen LogP contribution in [0.1, 0.15) is 24.6 Å². The van der Waals surface area contributed by atoms with E-state index >= 15 is 0 Å². The minimum Gasteiger partial charge on any atom is -0.444 e. The Bertz CT molecular complexity index is 609. The Morgan fingerprint density at radius 1 is 1.47 bits per heavy atom. The van der Waals surface area contributed by atoms with Gasteiger partial charge in [-0.2, -0.15) is 0 Å². The summed E-state index contributed by atoms with van der Waals surface area (Å²) in [6, 6.07) is 4.14. The van der Waals surface area contributed by atoms with Crippen LogP contribution in [0, 0.1) is 17.0 Å². The number of oxazole rings is 1. The fraction of sp³-hybridized carbons (Fsp3) is 0.250. The van der Waals surface area contributed by atoms with E-state index in [1.54, 1.807) is 19.2 Å². The molecule has 0 aliphatic heterocycles. The molecule has 7 nitrogen and oxygen atoms in total. The molecule has 19 heavy (non-hydrogen) atoms. The molecule has 0 bridgehead atoms. The van der Waals surface area contributed by atoms with Crippen LogP contribution < -0.4 is 11.1 Å². The summed E-state index contributed by atoms with van der Waals surface area (Å²) in [6.07, 6.45) is 1.62. The number of nitro benzene ring substituents is 1. The second-order valence-corrected chi connectivity index (χ2v) is 4.25. The molecule has 0 spiro atoms. The minimum absolute atomic E-state index is 0.0571. The minimum atomic E-state index is -0.485. The van der Waals surface area contributed by atoms with Crippen molar-refractivity contribution in [2.24, 2.45) is 0 Å². The Kier molecular flexibility index (Phi) is 3.37. The fourth-order valence-corrected chi connectivity index (χ4v) is 1.71. The summed E-state index contributed by atoms with van der Waals surface area (Å²) in [7, 11) is 0. The molecule has 1 aromatic heterocycles. The summed E-state index contributed by atoms with van der Waals surface area (Å²) < 4.78 is 5.39. The summed E-state index contributed by atoms with van der Waals surface area (Å²) >= 11 is 0. The Morgan fingerprint density at radius 3 is 2.79 bits per heavy atom. The van der Waals surface area contributed by atoms with E-state index in [-0.39, 0.29) is 11.7 Å². The molecule has 0 aliphatic carbocycles. The van der Waals surface area contributed by atoms with Gasteiger partial charge in [0, 0.05) is 23.5 Å². The SMILES string of the molecule is Cc1cnc(C(C)Nc2cc(N)cc([N+](=O)[O-])c2)o1.